The quantitative estimate of drug-likeness (QED) is 0.0116. The van der Waals surface area contributed by atoms with Gasteiger partial charge in [0.05, 0.1) is 31.4 Å². The minimum absolute atomic E-state index is 0.00572. The summed E-state index contributed by atoms with van der Waals surface area (Å²) in [6, 6.07) is 22.3. The van der Waals surface area contributed by atoms with E-state index in [0.29, 0.717) is 11.3 Å². The molecule has 0 heterocycles. The number of urea groups is 1. The lowest BCUT2D eigenvalue weighted by atomic mass is 9.98. The number of fused-ring (bicyclic) bond motifs is 3. The molecule has 406 valence electrons. The van der Waals surface area contributed by atoms with Gasteiger partial charge in [0.25, 0.3) is 5.69 Å². The van der Waals surface area contributed by atoms with Gasteiger partial charge in [-0.3, -0.25) is 34.1 Å². The Balaban J connectivity index is 1.04. The Labute approximate surface area is 437 Å². The van der Waals surface area contributed by atoms with Crippen LogP contribution in [0.4, 0.5) is 25.8 Å². The van der Waals surface area contributed by atoms with Crippen LogP contribution in [0.1, 0.15) is 68.6 Å². The van der Waals surface area contributed by atoms with Crippen LogP contribution in [0.5, 0.6) is 5.75 Å². The molecule has 0 unspecified atom stereocenters. The fourth-order valence-electron chi connectivity index (χ4n) is 7.82. The average Bonchev–Trinajstić information content (AvgIpc) is 3.71. The maximum absolute atomic E-state index is 13.8. The van der Waals surface area contributed by atoms with E-state index < -0.39 is 83.3 Å². The second-order valence-corrected chi connectivity index (χ2v) is 17.6. The van der Waals surface area contributed by atoms with Crippen molar-refractivity contribution < 1.29 is 72.1 Å². The Morgan fingerprint density at radius 2 is 1.32 bits per heavy atom. The van der Waals surface area contributed by atoms with E-state index in [0.717, 1.165) is 34.4 Å². The molecule has 9 N–H and O–H groups in total. The van der Waals surface area contributed by atoms with Crippen molar-refractivity contribution >= 4 is 59.3 Å². The molecule has 5 rings (SSSR count). The van der Waals surface area contributed by atoms with E-state index in [4.69, 9.17) is 29.4 Å². The SMILES string of the molecule is CC(C)[C@H](NC(=O)[C@@H](CCC(=O)O)NC(=O)CCOCCOCCNC(=O)OCC1c2ccccc2-c2ccccc21)C(=O)N[C@@H](CCCNC(N)=O)C(=O)Nc1ccc(COC(=O)Oc2ccc([N+](=O)[O-])cc2)cc1. The Hall–Kier alpha value is -8.64. The van der Waals surface area contributed by atoms with Gasteiger partial charge in [0.1, 0.15) is 37.1 Å². The van der Waals surface area contributed by atoms with E-state index >= 15 is 0 Å². The van der Waals surface area contributed by atoms with E-state index in [-0.39, 0.29) is 95.8 Å². The summed E-state index contributed by atoms with van der Waals surface area (Å²) in [7, 11) is 0. The van der Waals surface area contributed by atoms with Crippen LogP contribution in [0, 0.1) is 16.0 Å². The molecule has 3 atom stereocenters. The van der Waals surface area contributed by atoms with Crippen LogP contribution in [0.25, 0.3) is 11.1 Å². The van der Waals surface area contributed by atoms with E-state index in [2.05, 4.69) is 44.0 Å². The van der Waals surface area contributed by atoms with Gasteiger partial charge in [-0.05, 0) is 77.3 Å². The molecule has 0 aromatic heterocycles. The van der Waals surface area contributed by atoms with Crippen molar-refractivity contribution in [2.24, 2.45) is 11.7 Å². The number of primary amides is 1. The van der Waals surface area contributed by atoms with Gasteiger partial charge in [-0.2, -0.15) is 0 Å². The Morgan fingerprint density at radius 1 is 0.684 bits per heavy atom. The fourth-order valence-corrected chi connectivity index (χ4v) is 7.82. The zero-order valence-corrected chi connectivity index (χ0v) is 41.9. The molecule has 1 aliphatic carbocycles. The molecule has 0 saturated heterocycles. The predicted molar refractivity (Wildman–Crippen MR) is 273 cm³/mol. The summed E-state index contributed by atoms with van der Waals surface area (Å²) in [5.41, 5.74) is 10.2. The highest BCUT2D eigenvalue weighted by Gasteiger charge is 2.32. The van der Waals surface area contributed by atoms with E-state index in [1.54, 1.807) is 26.0 Å². The minimum Gasteiger partial charge on any atom is -0.481 e. The zero-order chi connectivity index (χ0) is 55.0. The maximum atomic E-state index is 13.8. The number of nitro groups is 1. The summed E-state index contributed by atoms with van der Waals surface area (Å²) < 4.78 is 26.7. The number of hydrogen-bond acceptors (Lipinski definition) is 15. The first kappa shape index (κ1) is 58.3. The van der Waals surface area contributed by atoms with Gasteiger partial charge in [0, 0.05) is 49.7 Å². The van der Waals surface area contributed by atoms with Gasteiger partial charge in [-0.1, -0.05) is 74.5 Å². The van der Waals surface area contributed by atoms with Gasteiger partial charge in [0.15, 0.2) is 0 Å². The summed E-state index contributed by atoms with van der Waals surface area (Å²) in [5.74, 6) is -4.76. The van der Waals surface area contributed by atoms with E-state index in [9.17, 15) is 53.6 Å². The molecule has 0 radical (unpaired) electrons. The predicted octanol–water partition coefficient (Wildman–Crippen LogP) is 4.63. The highest BCUT2D eigenvalue weighted by Crippen LogP contribution is 2.44. The fraction of sp³-hybridized carbons (Fsp3) is 0.385. The molecule has 24 heteroatoms. The summed E-state index contributed by atoms with van der Waals surface area (Å²) in [5, 5.41) is 35.8. The third-order valence-corrected chi connectivity index (χ3v) is 11.7. The summed E-state index contributed by atoms with van der Waals surface area (Å²) >= 11 is 0. The number of rotatable bonds is 30. The molecule has 0 saturated carbocycles. The minimum atomic E-state index is -1.36. The second-order valence-electron chi connectivity index (χ2n) is 17.6. The third-order valence-electron chi connectivity index (χ3n) is 11.7. The number of aliphatic carboxylic acids is 1. The standard InChI is InChI=1S/C52H62N8O16/c1-32(2)46(49(66)58-42(12-7-24-54-50(53)67)47(64)56-34-15-13-33(14-16-34)30-75-52(69)76-36-19-17-35(18-20-36)60(70)71)59-48(65)43(21-22-45(62)63)57-44(61)23-26-72-28-29-73-27-25-55-51(68)74-31-41-39-10-5-3-8-37(39)38-9-4-6-11-40(38)41/h3-6,8-11,13-20,32,41-43,46H,7,12,21-31H2,1-2H3,(H,55,68)(H,56,64)(H,57,61)(H,58,66)(H,59,65)(H,62,63)(H3,53,54,67)/t42-,43+,46-/m0/s1. The number of nitro benzene ring substituents is 1. The van der Waals surface area contributed by atoms with Crippen LogP contribution >= 0.6 is 0 Å². The number of nitrogens with zero attached hydrogens (tertiary/aromatic N) is 1. The number of carbonyl (C=O) groups is 8. The molecular formula is C52H62N8O16. The zero-order valence-electron chi connectivity index (χ0n) is 41.9. The highest BCUT2D eigenvalue weighted by atomic mass is 16.7. The first-order chi connectivity index (χ1) is 36.5. The lowest BCUT2D eigenvalue weighted by Crippen LogP contribution is -2.58. The number of anilines is 1. The molecule has 7 amide bonds. The molecule has 4 aromatic rings. The molecule has 0 spiro atoms. The van der Waals surface area contributed by atoms with Gasteiger partial charge in [-0.25, -0.2) is 14.4 Å². The number of carbonyl (C=O) groups excluding carboxylic acids is 7. The summed E-state index contributed by atoms with van der Waals surface area (Å²) in [6.45, 7) is 3.79. The molecule has 4 aromatic carbocycles. The Bertz CT molecular complexity index is 2610. The number of amides is 7. The maximum Gasteiger partial charge on any atom is 0.514 e. The number of nitrogens with two attached hydrogens (primary N) is 1. The molecule has 1 aliphatic rings. The number of non-ortho nitro benzene ring substituents is 1. The molecular weight excluding hydrogens is 993 g/mol. The van der Waals surface area contributed by atoms with Crippen LogP contribution in [0.2, 0.25) is 0 Å². The second kappa shape index (κ2) is 29.9. The number of nitrogens with one attached hydrogen (secondary N) is 6. The summed E-state index contributed by atoms with van der Waals surface area (Å²) in [4.78, 5) is 112. The number of hydrogen-bond donors (Lipinski definition) is 8. The average molecular weight is 1060 g/mol. The van der Waals surface area contributed by atoms with Gasteiger partial charge in [-0.15, -0.1) is 0 Å². The van der Waals surface area contributed by atoms with Crippen LogP contribution in [-0.2, 0) is 49.5 Å². The summed E-state index contributed by atoms with van der Waals surface area (Å²) in [6.07, 6.45) is -2.45. The largest absolute Gasteiger partial charge is 0.514 e. The molecule has 0 aliphatic heterocycles. The monoisotopic (exact) mass is 1050 g/mol. The molecule has 0 bridgehead atoms. The van der Waals surface area contributed by atoms with Crippen molar-refractivity contribution in [3.8, 4) is 16.9 Å². The van der Waals surface area contributed by atoms with Crippen molar-refractivity contribution in [3.63, 3.8) is 0 Å². The van der Waals surface area contributed by atoms with Gasteiger partial charge >= 0.3 is 24.2 Å². The topological polar surface area (TPSA) is 344 Å². The number of alkyl carbamates (subject to hydrolysis) is 1. The number of benzene rings is 4. The molecule has 76 heavy (non-hydrogen) atoms. The van der Waals surface area contributed by atoms with Crippen LogP contribution in [-0.4, -0.2) is 122 Å². The van der Waals surface area contributed by atoms with E-state index in [1.807, 2.05) is 36.4 Å². The first-order valence-electron chi connectivity index (χ1n) is 24.4. The Kier molecular flexibility index (Phi) is 22.9. The lowest BCUT2D eigenvalue weighted by molar-refractivity contribution is -0.384. The van der Waals surface area contributed by atoms with E-state index in [1.165, 1.54) is 24.3 Å². The van der Waals surface area contributed by atoms with Gasteiger partial charge in [0.2, 0.25) is 23.6 Å². The number of carboxylic acids is 1. The van der Waals surface area contributed by atoms with Crippen molar-refractivity contribution in [1.29, 1.82) is 0 Å². The number of carboxylic acid groups (broad SMARTS) is 1. The van der Waals surface area contributed by atoms with Gasteiger partial charge < -0.3 is 66.4 Å². The Morgan fingerprint density at radius 3 is 1.93 bits per heavy atom. The molecule has 24 nitrogen and oxygen atoms in total. The lowest BCUT2D eigenvalue weighted by Gasteiger charge is -2.27. The van der Waals surface area contributed by atoms with Crippen LogP contribution in [0.15, 0.2) is 97.1 Å². The first-order valence-corrected chi connectivity index (χ1v) is 24.4. The number of ether oxygens (including phenoxy) is 5. The van der Waals surface area contributed by atoms with Crippen LogP contribution in [0.3, 0.4) is 0 Å². The molecule has 0 fully saturated rings. The normalized spacial score (nSPS) is 12.6. The van der Waals surface area contributed by atoms with Crippen LogP contribution < -0.4 is 42.4 Å². The third kappa shape index (κ3) is 19.0. The highest BCUT2D eigenvalue weighted by molar-refractivity contribution is 5.99. The van der Waals surface area contributed by atoms with Crippen molar-refractivity contribution in [2.45, 2.75) is 76.6 Å². The van der Waals surface area contributed by atoms with Crippen molar-refractivity contribution in [3.05, 3.63) is 124 Å². The van der Waals surface area contributed by atoms with Crippen molar-refractivity contribution in [1.82, 2.24) is 26.6 Å². The smallest absolute Gasteiger partial charge is 0.481 e. The van der Waals surface area contributed by atoms with Crippen molar-refractivity contribution in [2.75, 3.05) is 51.4 Å².